The van der Waals surface area contributed by atoms with Crippen LogP contribution in [0.1, 0.15) is 5.56 Å². The van der Waals surface area contributed by atoms with Crippen LogP contribution in [-0.2, 0) is 0 Å². The molecule has 0 N–H and O–H groups in total. The minimum atomic E-state index is 0.880. The molecule has 2 heteroatoms. The Balaban J connectivity index is 1.46. The maximum Gasteiger partial charge on any atom is 0.137 e. The minimum Gasteiger partial charge on any atom is -0.295 e. The van der Waals surface area contributed by atoms with E-state index in [9.17, 15) is 0 Å². The Hall–Kier alpha value is -6.51. The highest BCUT2D eigenvalue weighted by Gasteiger charge is 2.23. The number of hydrogen-bond acceptors (Lipinski definition) is 2. The van der Waals surface area contributed by atoms with Crippen LogP contribution in [-0.4, -0.2) is 4.98 Å². The summed E-state index contributed by atoms with van der Waals surface area (Å²) in [6, 6.07) is 65.6. The molecule has 0 saturated heterocycles. The number of fused-ring (bicyclic) bond motifs is 6. The van der Waals surface area contributed by atoms with Gasteiger partial charge >= 0.3 is 0 Å². The van der Waals surface area contributed by atoms with E-state index >= 15 is 0 Å². The molecule has 0 unspecified atom stereocenters. The predicted molar refractivity (Wildman–Crippen MR) is 212 cm³/mol. The number of rotatable bonds is 6. The van der Waals surface area contributed by atoms with Gasteiger partial charge in [-0.3, -0.25) is 4.90 Å². The van der Waals surface area contributed by atoms with Gasteiger partial charge in [0.15, 0.2) is 0 Å². The summed E-state index contributed by atoms with van der Waals surface area (Å²) in [6.07, 6.45) is 1.87. The molecule has 0 atom stereocenters. The maximum absolute atomic E-state index is 4.82. The van der Waals surface area contributed by atoms with Crippen molar-refractivity contribution in [3.05, 3.63) is 194 Å². The molecule has 1 heterocycles. The molecule has 0 bridgehead atoms. The highest BCUT2D eigenvalue weighted by molar-refractivity contribution is 6.33. The van der Waals surface area contributed by atoms with Crippen LogP contribution in [0.15, 0.2) is 188 Å². The van der Waals surface area contributed by atoms with E-state index in [2.05, 4.69) is 188 Å². The van der Waals surface area contributed by atoms with Crippen LogP contribution in [0, 0.1) is 6.92 Å². The fraction of sp³-hybridized carbons (Fsp3) is 0.0208. The normalized spacial score (nSPS) is 11.3. The summed E-state index contributed by atoms with van der Waals surface area (Å²) in [7, 11) is 0. The third-order valence-corrected chi connectivity index (χ3v) is 9.71. The third kappa shape index (κ3) is 5.10. The molecule has 0 fully saturated rings. The number of anilines is 3. The standard InChI is InChI=1S/C48H34N2/c1-33-16-15-23-37(30-33)50(45-26-13-14-29-49-45)38-27-28-41-44(31-38)39-24-11-12-25-40(39)47-43(35-19-7-3-8-20-35)32-42(34-17-5-2-6-18-34)46(48(41)47)36-21-9-4-10-22-36/h2-32H,1H3. The summed E-state index contributed by atoms with van der Waals surface area (Å²) in [5.41, 5.74) is 10.7. The SMILES string of the molecule is Cc1cccc(N(c2ccc3c(c2)c2ccccc2c2c(-c4ccccc4)cc(-c4ccccc4)c(-c4ccccc4)c32)c2ccccn2)c1. The van der Waals surface area contributed by atoms with E-state index in [0.717, 1.165) is 17.2 Å². The molecule has 0 aliphatic heterocycles. The number of aryl methyl sites for hydroxylation is 1. The van der Waals surface area contributed by atoms with E-state index < -0.39 is 0 Å². The van der Waals surface area contributed by atoms with Gasteiger partial charge in [-0.05, 0) is 121 Å². The summed E-state index contributed by atoms with van der Waals surface area (Å²) in [5.74, 6) is 0.880. The molecule has 0 amide bonds. The number of nitrogens with zero attached hydrogens (tertiary/aromatic N) is 2. The first-order chi connectivity index (χ1) is 24.7. The molecule has 9 rings (SSSR count). The molecule has 1 aromatic heterocycles. The van der Waals surface area contributed by atoms with Crippen molar-refractivity contribution in [3.63, 3.8) is 0 Å². The van der Waals surface area contributed by atoms with E-state index in [-0.39, 0.29) is 0 Å². The topological polar surface area (TPSA) is 16.1 Å². The zero-order chi connectivity index (χ0) is 33.4. The predicted octanol–water partition coefficient (Wildman–Crippen LogP) is 13.3. The molecule has 0 radical (unpaired) electrons. The molecular formula is C48H34N2. The molecule has 0 spiro atoms. The highest BCUT2D eigenvalue weighted by Crippen LogP contribution is 2.50. The Bertz CT molecular complexity index is 2630. The number of pyridine rings is 1. The molecular weight excluding hydrogens is 605 g/mol. The molecule has 0 aliphatic carbocycles. The largest absolute Gasteiger partial charge is 0.295 e. The van der Waals surface area contributed by atoms with Crippen LogP contribution >= 0.6 is 0 Å². The molecule has 2 nitrogen and oxygen atoms in total. The van der Waals surface area contributed by atoms with Crippen LogP contribution in [0.4, 0.5) is 17.2 Å². The van der Waals surface area contributed by atoms with Gasteiger partial charge in [-0.2, -0.15) is 0 Å². The summed E-state index contributed by atoms with van der Waals surface area (Å²) < 4.78 is 0. The first kappa shape index (κ1) is 29.6. The lowest BCUT2D eigenvalue weighted by Gasteiger charge is -2.26. The Labute approximate surface area is 292 Å². The first-order valence-corrected chi connectivity index (χ1v) is 17.1. The zero-order valence-corrected chi connectivity index (χ0v) is 27.8. The van der Waals surface area contributed by atoms with Crippen LogP contribution in [0.2, 0.25) is 0 Å². The Morgan fingerprint density at radius 2 is 1.00 bits per heavy atom. The lowest BCUT2D eigenvalue weighted by Crippen LogP contribution is -2.11. The molecule has 0 saturated carbocycles. The highest BCUT2D eigenvalue weighted by atomic mass is 15.2. The fourth-order valence-electron chi connectivity index (χ4n) is 7.54. The van der Waals surface area contributed by atoms with E-state index in [0.29, 0.717) is 0 Å². The summed E-state index contributed by atoms with van der Waals surface area (Å²) in [5, 5.41) is 7.43. The van der Waals surface area contributed by atoms with Crippen LogP contribution in [0.3, 0.4) is 0 Å². The van der Waals surface area contributed by atoms with E-state index in [1.165, 1.54) is 71.3 Å². The summed E-state index contributed by atoms with van der Waals surface area (Å²) in [6.45, 7) is 2.14. The van der Waals surface area contributed by atoms with Gasteiger partial charge in [0.05, 0.1) is 0 Å². The van der Waals surface area contributed by atoms with E-state index in [4.69, 9.17) is 4.98 Å². The van der Waals surface area contributed by atoms with Gasteiger partial charge in [0.2, 0.25) is 0 Å². The number of hydrogen-bond donors (Lipinski definition) is 0. The van der Waals surface area contributed by atoms with E-state index in [1.54, 1.807) is 0 Å². The van der Waals surface area contributed by atoms with Gasteiger partial charge in [0, 0.05) is 17.6 Å². The molecule has 50 heavy (non-hydrogen) atoms. The Morgan fingerprint density at radius 3 is 1.68 bits per heavy atom. The molecule has 236 valence electrons. The van der Waals surface area contributed by atoms with Gasteiger partial charge in [0.25, 0.3) is 0 Å². The van der Waals surface area contributed by atoms with Crippen molar-refractivity contribution in [2.75, 3.05) is 4.90 Å². The zero-order valence-electron chi connectivity index (χ0n) is 27.8. The molecule has 0 aliphatic rings. The van der Waals surface area contributed by atoms with E-state index in [1.807, 2.05) is 12.3 Å². The average Bonchev–Trinajstić information content (AvgIpc) is 3.19. The Morgan fingerprint density at radius 1 is 0.400 bits per heavy atom. The molecule has 9 aromatic rings. The molecule has 8 aromatic carbocycles. The lowest BCUT2D eigenvalue weighted by molar-refractivity contribution is 1.18. The lowest BCUT2D eigenvalue weighted by atomic mass is 9.81. The van der Waals surface area contributed by atoms with Crippen LogP contribution in [0.25, 0.3) is 65.7 Å². The first-order valence-electron chi connectivity index (χ1n) is 17.1. The maximum atomic E-state index is 4.82. The van der Waals surface area contributed by atoms with Crippen LogP contribution < -0.4 is 4.90 Å². The monoisotopic (exact) mass is 638 g/mol. The number of aromatic nitrogens is 1. The van der Waals surface area contributed by atoms with Gasteiger partial charge < -0.3 is 0 Å². The van der Waals surface area contributed by atoms with Gasteiger partial charge in [-0.15, -0.1) is 0 Å². The van der Waals surface area contributed by atoms with Crippen LogP contribution in [0.5, 0.6) is 0 Å². The summed E-state index contributed by atoms with van der Waals surface area (Å²) >= 11 is 0. The Kier molecular flexibility index (Phi) is 7.40. The second-order valence-corrected chi connectivity index (χ2v) is 12.8. The second kappa shape index (κ2) is 12.5. The number of benzene rings is 8. The van der Waals surface area contributed by atoms with Crippen molar-refractivity contribution < 1.29 is 0 Å². The average molecular weight is 639 g/mol. The van der Waals surface area contributed by atoms with Gasteiger partial charge in [-0.1, -0.05) is 140 Å². The smallest absolute Gasteiger partial charge is 0.137 e. The fourth-order valence-corrected chi connectivity index (χ4v) is 7.54. The van der Waals surface area contributed by atoms with Crippen molar-refractivity contribution >= 4 is 49.5 Å². The van der Waals surface area contributed by atoms with Crippen molar-refractivity contribution in [2.45, 2.75) is 6.92 Å². The summed E-state index contributed by atoms with van der Waals surface area (Å²) in [4.78, 5) is 7.09. The van der Waals surface area contributed by atoms with Gasteiger partial charge in [-0.25, -0.2) is 4.98 Å². The van der Waals surface area contributed by atoms with Crippen molar-refractivity contribution in [3.8, 4) is 33.4 Å². The van der Waals surface area contributed by atoms with Crippen molar-refractivity contribution in [2.24, 2.45) is 0 Å². The third-order valence-electron chi connectivity index (χ3n) is 9.71. The second-order valence-electron chi connectivity index (χ2n) is 12.8. The van der Waals surface area contributed by atoms with Gasteiger partial charge in [0.1, 0.15) is 5.82 Å². The van der Waals surface area contributed by atoms with Crippen molar-refractivity contribution in [1.82, 2.24) is 4.98 Å². The van der Waals surface area contributed by atoms with Crippen molar-refractivity contribution in [1.29, 1.82) is 0 Å². The quantitative estimate of drug-likeness (QED) is 0.169. The minimum absolute atomic E-state index is 0.880.